The lowest BCUT2D eigenvalue weighted by molar-refractivity contribution is 0.0655. The Morgan fingerprint density at radius 2 is 2.47 bits per heavy atom. The molecule has 0 aromatic carbocycles. The molecule has 5 heteroatoms. The number of H-pyrrole nitrogens is 1. The van der Waals surface area contributed by atoms with Gasteiger partial charge in [-0.3, -0.25) is 9.89 Å². The van der Waals surface area contributed by atoms with Gasteiger partial charge in [0.25, 0.3) is 5.91 Å². The summed E-state index contributed by atoms with van der Waals surface area (Å²) in [4.78, 5) is 14.1. The molecule has 1 fully saturated rings. The standard InChI is InChI=1S/C12H20N4O/c1-8-6-11(15-14-8)12(17)16-5-3-4-10(7-16)9(2)13/h6,9-10H,3-5,7,13H2,1-2H3,(H,14,15). The summed E-state index contributed by atoms with van der Waals surface area (Å²) in [5.41, 5.74) is 7.33. The molecule has 0 saturated carbocycles. The van der Waals surface area contributed by atoms with Gasteiger partial charge in [0.2, 0.25) is 0 Å². The number of carbonyl (C=O) groups is 1. The number of nitrogens with one attached hydrogen (secondary N) is 1. The summed E-state index contributed by atoms with van der Waals surface area (Å²) in [6, 6.07) is 1.93. The topological polar surface area (TPSA) is 75.0 Å². The van der Waals surface area contributed by atoms with Crippen LogP contribution in [0.25, 0.3) is 0 Å². The molecule has 0 spiro atoms. The van der Waals surface area contributed by atoms with E-state index >= 15 is 0 Å². The molecule has 1 aromatic heterocycles. The van der Waals surface area contributed by atoms with E-state index in [-0.39, 0.29) is 11.9 Å². The molecule has 17 heavy (non-hydrogen) atoms. The molecule has 0 radical (unpaired) electrons. The van der Waals surface area contributed by atoms with Crippen LogP contribution in [0.2, 0.25) is 0 Å². The van der Waals surface area contributed by atoms with Crippen LogP contribution in [0, 0.1) is 12.8 Å². The summed E-state index contributed by atoms with van der Waals surface area (Å²) in [5, 5.41) is 6.81. The average Bonchev–Trinajstić information content (AvgIpc) is 2.75. The van der Waals surface area contributed by atoms with Gasteiger partial charge in [0.1, 0.15) is 5.69 Å². The van der Waals surface area contributed by atoms with Gasteiger partial charge in [-0.1, -0.05) is 0 Å². The van der Waals surface area contributed by atoms with Crippen LogP contribution in [-0.4, -0.2) is 40.1 Å². The monoisotopic (exact) mass is 236 g/mol. The van der Waals surface area contributed by atoms with Gasteiger partial charge in [0.05, 0.1) is 0 Å². The molecule has 94 valence electrons. The summed E-state index contributed by atoms with van der Waals surface area (Å²) in [5.74, 6) is 0.424. The van der Waals surface area contributed by atoms with Gasteiger partial charge < -0.3 is 10.6 Å². The first-order valence-electron chi connectivity index (χ1n) is 6.15. The Kier molecular flexibility index (Phi) is 3.47. The summed E-state index contributed by atoms with van der Waals surface area (Å²) in [7, 11) is 0. The Morgan fingerprint density at radius 1 is 1.71 bits per heavy atom. The van der Waals surface area contributed by atoms with E-state index in [4.69, 9.17) is 5.73 Å². The predicted octanol–water partition coefficient (Wildman–Crippen LogP) is 0.918. The molecule has 3 N–H and O–H groups in total. The highest BCUT2D eigenvalue weighted by molar-refractivity contribution is 5.92. The zero-order valence-corrected chi connectivity index (χ0v) is 10.4. The molecule has 1 aromatic rings. The maximum absolute atomic E-state index is 12.2. The molecule has 1 aliphatic heterocycles. The zero-order valence-electron chi connectivity index (χ0n) is 10.4. The highest BCUT2D eigenvalue weighted by Crippen LogP contribution is 2.20. The van der Waals surface area contributed by atoms with Crippen molar-refractivity contribution >= 4 is 5.91 Å². The van der Waals surface area contributed by atoms with E-state index in [1.807, 2.05) is 18.7 Å². The number of aromatic amines is 1. The van der Waals surface area contributed by atoms with Crippen molar-refractivity contribution in [1.29, 1.82) is 0 Å². The van der Waals surface area contributed by atoms with Crippen molar-refractivity contribution in [2.75, 3.05) is 13.1 Å². The number of hydrogen-bond acceptors (Lipinski definition) is 3. The van der Waals surface area contributed by atoms with Crippen molar-refractivity contribution in [3.05, 3.63) is 17.5 Å². The van der Waals surface area contributed by atoms with Crippen LogP contribution in [0.4, 0.5) is 0 Å². The molecule has 1 saturated heterocycles. The minimum Gasteiger partial charge on any atom is -0.337 e. The van der Waals surface area contributed by atoms with E-state index in [1.165, 1.54) is 0 Å². The van der Waals surface area contributed by atoms with Gasteiger partial charge in [-0.2, -0.15) is 5.10 Å². The molecule has 2 rings (SSSR count). The number of piperidine rings is 1. The number of aryl methyl sites for hydroxylation is 1. The second kappa shape index (κ2) is 4.87. The molecule has 0 bridgehead atoms. The van der Waals surface area contributed by atoms with Crippen molar-refractivity contribution in [3.63, 3.8) is 0 Å². The van der Waals surface area contributed by atoms with Crippen LogP contribution in [-0.2, 0) is 0 Å². The van der Waals surface area contributed by atoms with Gasteiger partial charge in [0.15, 0.2) is 0 Å². The fourth-order valence-electron chi connectivity index (χ4n) is 2.31. The highest BCUT2D eigenvalue weighted by atomic mass is 16.2. The third-order valence-corrected chi connectivity index (χ3v) is 3.41. The number of nitrogens with zero attached hydrogens (tertiary/aromatic N) is 2. The number of rotatable bonds is 2. The zero-order chi connectivity index (χ0) is 12.4. The molecule has 1 aliphatic rings. The van der Waals surface area contributed by atoms with E-state index in [2.05, 4.69) is 10.2 Å². The van der Waals surface area contributed by atoms with Crippen LogP contribution in [0.15, 0.2) is 6.07 Å². The summed E-state index contributed by atoms with van der Waals surface area (Å²) in [6.45, 7) is 5.47. The average molecular weight is 236 g/mol. The number of nitrogens with two attached hydrogens (primary N) is 1. The van der Waals surface area contributed by atoms with Crippen molar-refractivity contribution in [2.45, 2.75) is 32.7 Å². The van der Waals surface area contributed by atoms with Crippen LogP contribution < -0.4 is 5.73 Å². The maximum atomic E-state index is 12.2. The Morgan fingerprint density at radius 3 is 3.06 bits per heavy atom. The van der Waals surface area contributed by atoms with Crippen molar-refractivity contribution in [1.82, 2.24) is 15.1 Å². The fourth-order valence-corrected chi connectivity index (χ4v) is 2.31. The Bertz CT molecular complexity index is 399. The van der Waals surface area contributed by atoms with E-state index in [1.54, 1.807) is 6.07 Å². The molecule has 2 heterocycles. The molecule has 5 nitrogen and oxygen atoms in total. The fraction of sp³-hybridized carbons (Fsp3) is 0.667. The van der Waals surface area contributed by atoms with Crippen LogP contribution in [0.1, 0.15) is 35.9 Å². The molecular formula is C12H20N4O. The molecule has 2 unspecified atom stereocenters. The van der Waals surface area contributed by atoms with E-state index < -0.39 is 0 Å². The van der Waals surface area contributed by atoms with E-state index in [0.29, 0.717) is 11.6 Å². The van der Waals surface area contributed by atoms with Gasteiger partial charge in [0, 0.05) is 24.8 Å². The lowest BCUT2D eigenvalue weighted by Gasteiger charge is -2.34. The molecule has 2 atom stereocenters. The summed E-state index contributed by atoms with van der Waals surface area (Å²) < 4.78 is 0. The number of likely N-dealkylation sites (tertiary alicyclic amines) is 1. The van der Waals surface area contributed by atoms with Crippen molar-refractivity contribution in [3.8, 4) is 0 Å². The first-order chi connectivity index (χ1) is 8.08. The maximum Gasteiger partial charge on any atom is 0.274 e. The summed E-state index contributed by atoms with van der Waals surface area (Å²) in [6.07, 6.45) is 2.14. The first-order valence-corrected chi connectivity index (χ1v) is 6.15. The second-order valence-corrected chi connectivity index (χ2v) is 4.95. The van der Waals surface area contributed by atoms with Gasteiger partial charge in [-0.25, -0.2) is 0 Å². The van der Waals surface area contributed by atoms with Gasteiger partial charge >= 0.3 is 0 Å². The van der Waals surface area contributed by atoms with Crippen LogP contribution in [0.5, 0.6) is 0 Å². The molecule has 0 aliphatic carbocycles. The molecular weight excluding hydrogens is 216 g/mol. The van der Waals surface area contributed by atoms with E-state index in [9.17, 15) is 4.79 Å². The minimum absolute atomic E-state index is 0.0136. The van der Waals surface area contributed by atoms with Crippen LogP contribution in [0.3, 0.4) is 0 Å². The smallest absolute Gasteiger partial charge is 0.274 e. The van der Waals surface area contributed by atoms with Crippen molar-refractivity contribution < 1.29 is 4.79 Å². The first kappa shape index (κ1) is 12.1. The summed E-state index contributed by atoms with van der Waals surface area (Å²) >= 11 is 0. The van der Waals surface area contributed by atoms with E-state index in [0.717, 1.165) is 31.6 Å². The lowest BCUT2D eigenvalue weighted by atomic mass is 9.92. The Hall–Kier alpha value is -1.36. The normalized spacial score (nSPS) is 22.5. The SMILES string of the molecule is Cc1cc(C(=O)N2CCCC(C(C)N)C2)n[nH]1. The van der Waals surface area contributed by atoms with Gasteiger partial charge in [-0.15, -0.1) is 0 Å². The number of carbonyl (C=O) groups excluding carboxylic acids is 1. The Labute approximate surface area is 101 Å². The predicted molar refractivity (Wildman–Crippen MR) is 65.6 cm³/mol. The quantitative estimate of drug-likeness (QED) is 0.801. The van der Waals surface area contributed by atoms with Crippen LogP contribution >= 0.6 is 0 Å². The molecule has 1 amide bonds. The van der Waals surface area contributed by atoms with Crippen molar-refractivity contribution in [2.24, 2.45) is 11.7 Å². The largest absolute Gasteiger partial charge is 0.337 e. The second-order valence-electron chi connectivity index (χ2n) is 4.95. The lowest BCUT2D eigenvalue weighted by Crippen LogP contribution is -2.45. The third-order valence-electron chi connectivity index (χ3n) is 3.41. The number of aromatic nitrogens is 2. The minimum atomic E-state index is 0.0136. The Balaban J connectivity index is 2.04. The number of hydrogen-bond donors (Lipinski definition) is 2. The van der Waals surface area contributed by atoms with Gasteiger partial charge in [-0.05, 0) is 38.7 Å². The highest BCUT2D eigenvalue weighted by Gasteiger charge is 2.27. The number of amides is 1. The third kappa shape index (κ3) is 2.66.